The van der Waals surface area contributed by atoms with Crippen molar-refractivity contribution >= 4 is 5.52 Å². The van der Waals surface area contributed by atoms with E-state index in [0.717, 1.165) is 5.52 Å². The van der Waals surface area contributed by atoms with Gasteiger partial charge in [0, 0.05) is 0 Å². The van der Waals surface area contributed by atoms with Crippen LogP contribution in [0.2, 0.25) is 0 Å². The van der Waals surface area contributed by atoms with Crippen molar-refractivity contribution in [3.05, 3.63) is 30.6 Å². The summed E-state index contributed by atoms with van der Waals surface area (Å²) in [5.74, 6) is 0. The molecule has 11 heavy (non-hydrogen) atoms. The molecule has 4 heteroatoms. The highest BCUT2D eigenvalue weighted by atomic mass is 15.0. The fourth-order valence-corrected chi connectivity index (χ4v) is 0.931. The summed E-state index contributed by atoms with van der Waals surface area (Å²) in [7, 11) is 0. The van der Waals surface area contributed by atoms with Crippen LogP contribution in [0.15, 0.2) is 24.9 Å². The molecule has 0 radical (unpaired) electrons. The number of fused-ring (bicyclic) bond motifs is 1. The lowest BCUT2D eigenvalue weighted by Gasteiger charge is -1.92. The van der Waals surface area contributed by atoms with Gasteiger partial charge in [-0.05, 0) is 0 Å². The number of hydrogen-bond acceptors (Lipinski definition) is 3. The second kappa shape index (κ2) is 2.06. The fraction of sp³-hybridized carbons (Fsp3) is 0. The molecule has 0 aliphatic rings. The Hall–Kier alpha value is -1.89. The number of nitriles is 1. The Morgan fingerprint density at radius 3 is 2.91 bits per heavy atom. The van der Waals surface area contributed by atoms with Gasteiger partial charge in [-0.3, -0.25) is 9.38 Å². The van der Waals surface area contributed by atoms with Gasteiger partial charge in [-0.1, -0.05) is 0 Å². The predicted octanol–water partition coefficient (Wildman–Crippen LogP) is 0.601. The average molecular weight is 144 g/mol. The van der Waals surface area contributed by atoms with Gasteiger partial charge in [-0.25, -0.2) is 4.98 Å². The van der Waals surface area contributed by atoms with Gasteiger partial charge in [0.1, 0.15) is 18.1 Å². The molecule has 52 valence electrons. The number of hydrogen-bond donors (Lipinski definition) is 0. The Kier molecular flexibility index (Phi) is 1.10. The molecule has 0 saturated carbocycles. The van der Waals surface area contributed by atoms with E-state index in [1.165, 1.54) is 6.20 Å². The van der Waals surface area contributed by atoms with Crippen LogP contribution in [-0.2, 0) is 0 Å². The maximum absolute atomic E-state index is 8.62. The third-order valence-corrected chi connectivity index (χ3v) is 1.44. The van der Waals surface area contributed by atoms with Crippen LogP contribution >= 0.6 is 0 Å². The van der Waals surface area contributed by atoms with Crippen molar-refractivity contribution in [2.24, 2.45) is 0 Å². The summed E-state index contributed by atoms with van der Waals surface area (Å²) in [6.07, 6.45) is 6.42. The Balaban J connectivity index is 2.92. The smallest absolute Gasteiger partial charge is 0.144 e. The molecule has 0 aromatic carbocycles. The molecule has 2 aromatic rings. The first-order valence-electron chi connectivity index (χ1n) is 3.08. The largest absolute Gasteiger partial charge is 0.287 e. The normalized spacial score (nSPS) is 9.73. The Morgan fingerprint density at radius 2 is 2.09 bits per heavy atom. The first-order valence-corrected chi connectivity index (χ1v) is 3.08. The second-order valence-electron chi connectivity index (χ2n) is 2.09. The van der Waals surface area contributed by atoms with Gasteiger partial charge in [-0.15, -0.1) is 0 Å². The van der Waals surface area contributed by atoms with E-state index in [1.54, 1.807) is 23.1 Å². The average Bonchev–Trinajstić information content (AvgIpc) is 2.50. The summed E-state index contributed by atoms with van der Waals surface area (Å²) >= 11 is 0. The highest BCUT2D eigenvalue weighted by Gasteiger charge is 1.97. The first kappa shape index (κ1) is 5.86. The first-order chi connectivity index (χ1) is 5.42. The van der Waals surface area contributed by atoms with E-state index < -0.39 is 0 Å². The Bertz CT molecular complexity index is 423. The van der Waals surface area contributed by atoms with E-state index in [2.05, 4.69) is 9.97 Å². The lowest BCUT2D eigenvalue weighted by Crippen LogP contribution is -1.90. The third kappa shape index (κ3) is 0.749. The number of aromatic nitrogens is 3. The van der Waals surface area contributed by atoms with E-state index in [-0.39, 0.29) is 0 Å². The van der Waals surface area contributed by atoms with E-state index in [1.807, 2.05) is 6.07 Å². The quantitative estimate of drug-likeness (QED) is 0.544. The molecule has 0 atom stereocenters. The van der Waals surface area contributed by atoms with E-state index in [0.29, 0.717) is 5.69 Å². The van der Waals surface area contributed by atoms with E-state index >= 15 is 0 Å². The molecule has 0 unspecified atom stereocenters. The molecule has 0 bridgehead atoms. The molecule has 0 aliphatic heterocycles. The maximum Gasteiger partial charge on any atom is 0.144 e. The SMILES string of the molecule is N#Cc1cncc2cncn12. The van der Waals surface area contributed by atoms with Crippen molar-refractivity contribution in [2.75, 3.05) is 0 Å². The molecule has 2 aromatic heterocycles. The minimum absolute atomic E-state index is 0.500. The van der Waals surface area contributed by atoms with Crippen LogP contribution in [-0.4, -0.2) is 14.4 Å². The van der Waals surface area contributed by atoms with Crippen LogP contribution in [0.4, 0.5) is 0 Å². The van der Waals surface area contributed by atoms with Gasteiger partial charge in [0.05, 0.1) is 24.1 Å². The lowest BCUT2D eigenvalue weighted by atomic mass is 10.4. The van der Waals surface area contributed by atoms with Crippen LogP contribution < -0.4 is 0 Å². The van der Waals surface area contributed by atoms with Crippen LogP contribution in [0.1, 0.15) is 5.69 Å². The van der Waals surface area contributed by atoms with Crippen molar-refractivity contribution in [1.82, 2.24) is 14.4 Å². The summed E-state index contributed by atoms with van der Waals surface area (Å²) in [4.78, 5) is 7.75. The molecule has 0 N–H and O–H groups in total. The molecule has 0 spiro atoms. The lowest BCUT2D eigenvalue weighted by molar-refractivity contribution is 1.08. The molecule has 0 fully saturated rings. The zero-order chi connectivity index (χ0) is 7.68. The van der Waals surface area contributed by atoms with Crippen LogP contribution in [0.3, 0.4) is 0 Å². The van der Waals surface area contributed by atoms with Gasteiger partial charge in [0.2, 0.25) is 0 Å². The third-order valence-electron chi connectivity index (χ3n) is 1.44. The molecular formula is C7H4N4. The molecule has 4 nitrogen and oxygen atoms in total. The zero-order valence-electron chi connectivity index (χ0n) is 5.60. The van der Waals surface area contributed by atoms with Gasteiger partial charge in [0.15, 0.2) is 0 Å². The predicted molar refractivity (Wildman–Crippen MR) is 37.7 cm³/mol. The van der Waals surface area contributed by atoms with Crippen LogP contribution in [0.25, 0.3) is 5.52 Å². The maximum atomic E-state index is 8.62. The Labute approximate surface area is 62.7 Å². The molecule has 0 saturated heterocycles. The molecular weight excluding hydrogens is 140 g/mol. The van der Waals surface area contributed by atoms with Crippen molar-refractivity contribution in [2.45, 2.75) is 0 Å². The van der Waals surface area contributed by atoms with Crippen LogP contribution in [0.5, 0.6) is 0 Å². The molecule has 2 rings (SSSR count). The minimum Gasteiger partial charge on any atom is -0.287 e. The topological polar surface area (TPSA) is 54.0 Å². The van der Waals surface area contributed by atoms with E-state index in [4.69, 9.17) is 5.26 Å². The molecule has 2 heterocycles. The summed E-state index contributed by atoms with van der Waals surface area (Å²) in [6, 6.07) is 2.02. The Morgan fingerprint density at radius 1 is 1.27 bits per heavy atom. The van der Waals surface area contributed by atoms with Crippen molar-refractivity contribution in [1.29, 1.82) is 5.26 Å². The second-order valence-corrected chi connectivity index (χ2v) is 2.09. The highest BCUT2D eigenvalue weighted by Crippen LogP contribution is 2.02. The summed E-state index contributed by atoms with van der Waals surface area (Å²) in [5, 5.41) is 8.62. The van der Waals surface area contributed by atoms with E-state index in [9.17, 15) is 0 Å². The summed E-state index contributed by atoms with van der Waals surface area (Å²) in [5.41, 5.74) is 1.34. The van der Waals surface area contributed by atoms with Gasteiger partial charge in [-0.2, -0.15) is 5.26 Å². The minimum atomic E-state index is 0.500. The van der Waals surface area contributed by atoms with Gasteiger partial charge in [0.25, 0.3) is 0 Å². The molecule has 0 aliphatic carbocycles. The van der Waals surface area contributed by atoms with Gasteiger partial charge >= 0.3 is 0 Å². The van der Waals surface area contributed by atoms with Gasteiger partial charge < -0.3 is 0 Å². The highest BCUT2D eigenvalue weighted by molar-refractivity contribution is 5.44. The summed E-state index contributed by atoms with van der Waals surface area (Å²) < 4.78 is 1.69. The standard InChI is InChI=1S/C7H4N4/c8-1-6-2-9-3-7-4-10-5-11(6)7/h2-5H. The monoisotopic (exact) mass is 144 g/mol. The van der Waals surface area contributed by atoms with Crippen molar-refractivity contribution < 1.29 is 0 Å². The number of nitrogens with zero attached hydrogens (tertiary/aromatic N) is 4. The van der Waals surface area contributed by atoms with Crippen LogP contribution in [0, 0.1) is 11.3 Å². The zero-order valence-corrected chi connectivity index (χ0v) is 5.60. The molecule has 0 amide bonds. The van der Waals surface area contributed by atoms with Crippen molar-refractivity contribution in [3.63, 3.8) is 0 Å². The van der Waals surface area contributed by atoms with Crippen molar-refractivity contribution in [3.8, 4) is 6.07 Å². The number of rotatable bonds is 0. The number of imidazole rings is 1. The fourth-order valence-electron chi connectivity index (χ4n) is 0.931. The summed E-state index contributed by atoms with van der Waals surface area (Å²) in [6.45, 7) is 0.